The van der Waals surface area contributed by atoms with E-state index >= 15 is 0 Å². The predicted molar refractivity (Wildman–Crippen MR) is 77.2 cm³/mol. The van der Waals surface area contributed by atoms with Gasteiger partial charge in [-0.05, 0) is 13.3 Å². The van der Waals surface area contributed by atoms with Crippen molar-refractivity contribution >= 4 is 28.9 Å². The van der Waals surface area contributed by atoms with Gasteiger partial charge in [0.15, 0.2) is 0 Å². The number of nitro groups is 1. The van der Waals surface area contributed by atoms with Crippen LogP contribution in [0.1, 0.15) is 20.3 Å². The standard InChI is InChI=1S/C13H16ClFN2O4/c1-3-5-16(8-13(18)21-4-2)11-7-10(15)9(14)6-12(11)17(19)20/h6-7H,3-5,8H2,1-2H3. The molecule has 0 aliphatic carbocycles. The number of rotatable bonds is 7. The number of hydrogen-bond donors (Lipinski definition) is 0. The fourth-order valence-electron chi connectivity index (χ4n) is 1.84. The lowest BCUT2D eigenvalue weighted by Crippen LogP contribution is -2.32. The van der Waals surface area contributed by atoms with Crippen LogP contribution in [-0.4, -0.2) is 30.6 Å². The highest BCUT2D eigenvalue weighted by atomic mass is 35.5. The van der Waals surface area contributed by atoms with Crippen LogP contribution in [0.3, 0.4) is 0 Å². The van der Waals surface area contributed by atoms with E-state index in [1.807, 2.05) is 6.92 Å². The molecule has 0 amide bonds. The first-order chi connectivity index (χ1) is 9.90. The summed E-state index contributed by atoms with van der Waals surface area (Å²) >= 11 is 5.58. The fourth-order valence-corrected chi connectivity index (χ4v) is 2.00. The number of nitro benzene ring substituents is 1. The molecule has 0 fully saturated rings. The lowest BCUT2D eigenvalue weighted by atomic mass is 10.2. The van der Waals surface area contributed by atoms with E-state index in [0.717, 1.165) is 12.1 Å². The smallest absolute Gasteiger partial charge is 0.325 e. The Hall–Kier alpha value is -1.89. The Morgan fingerprint density at radius 1 is 1.48 bits per heavy atom. The largest absolute Gasteiger partial charge is 0.465 e. The van der Waals surface area contributed by atoms with E-state index in [0.29, 0.717) is 13.0 Å². The lowest BCUT2D eigenvalue weighted by molar-refractivity contribution is -0.384. The van der Waals surface area contributed by atoms with Crippen molar-refractivity contribution in [3.63, 3.8) is 0 Å². The Labute approximate surface area is 126 Å². The Bertz CT molecular complexity index is 539. The van der Waals surface area contributed by atoms with Crippen LogP contribution < -0.4 is 4.90 Å². The summed E-state index contributed by atoms with van der Waals surface area (Å²) in [6, 6.07) is 1.91. The number of halogens is 2. The number of nitrogens with zero attached hydrogens (tertiary/aromatic N) is 2. The number of carbonyl (C=O) groups is 1. The molecule has 0 heterocycles. The minimum atomic E-state index is -0.776. The van der Waals surface area contributed by atoms with E-state index in [9.17, 15) is 19.3 Å². The zero-order chi connectivity index (χ0) is 16.0. The van der Waals surface area contributed by atoms with Crippen molar-refractivity contribution in [1.82, 2.24) is 0 Å². The molecule has 21 heavy (non-hydrogen) atoms. The molecule has 0 unspecified atom stereocenters. The van der Waals surface area contributed by atoms with Gasteiger partial charge < -0.3 is 9.64 Å². The van der Waals surface area contributed by atoms with Crippen molar-refractivity contribution in [1.29, 1.82) is 0 Å². The van der Waals surface area contributed by atoms with Crippen LogP contribution >= 0.6 is 11.6 Å². The van der Waals surface area contributed by atoms with E-state index in [1.165, 1.54) is 4.90 Å². The third kappa shape index (κ3) is 4.56. The molecular weight excluding hydrogens is 303 g/mol. The van der Waals surface area contributed by atoms with Crippen LogP contribution in [0.25, 0.3) is 0 Å². The lowest BCUT2D eigenvalue weighted by Gasteiger charge is -2.23. The van der Waals surface area contributed by atoms with E-state index in [1.54, 1.807) is 6.92 Å². The third-order valence-corrected chi connectivity index (χ3v) is 2.96. The first kappa shape index (κ1) is 17.2. The maximum absolute atomic E-state index is 13.6. The van der Waals surface area contributed by atoms with Crippen molar-refractivity contribution in [2.75, 3.05) is 24.6 Å². The van der Waals surface area contributed by atoms with Crippen molar-refractivity contribution in [2.45, 2.75) is 20.3 Å². The molecule has 1 rings (SSSR count). The Morgan fingerprint density at radius 3 is 2.67 bits per heavy atom. The Balaban J connectivity index is 3.20. The molecule has 116 valence electrons. The second kappa shape index (κ2) is 7.78. The van der Waals surface area contributed by atoms with Gasteiger partial charge in [-0.2, -0.15) is 0 Å². The van der Waals surface area contributed by atoms with Crippen molar-refractivity contribution in [3.05, 3.63) is 33.1 Å². The molecular formula is C13H16ClFN2O4. The molecule has 0 aliphatic heterocycles. The highest BCUT2D eigenvalue weighted by Crippen LogP contribution is 2.33. The van der Waals surface area contributed by atoms with Gasteiger partial charge in [0.1, 0.15) is 18.0 Å². The van der Waals surface area contributed by atoms with Crippen LogP contribution in [0, 0.1) is 15.9 Å². The van der Waals surface area contributed by atoms with Gasteiger partial charge in [-0.1, -0.05) is 18.5 Å². The quantitative estimate of drug-likeness (QED) is 0.438. The first-order valence-electron chi connectivity index (χ1n) is 6.44. The summed E-state index contributed by atoms with van der Waals surface area (Å²) in [5.41, 5.74) is -0.337. The van der Waals surface area contributed by atoms with Crippen LogP contribution in [-0.2, 0) is 9.53 Å². The van der Waals surface area contributed by atoms with Gasteiger partial charge in [0, 0.05) is 18.7 Å². The van der Waals surface area contributed by atoms with Gasteiger partial charge in [-0.25, -0.2) is 4.39 Å². The summed E-state index contributed by atoms with van der Waals surface area (Å²) in [5, 5.41) is 10.8. The number of carbonyl (C=O) groups excluding carboxylic acids is 1. The predicted octanol–water partition coefficient (Wildman–Crippen LogP) is 3.17. The van der Waals surface area contributed by atoms with E-state index in [4.69, 9.17) is 16.3 Å². The number of esters is 1. The van der Waals surface area contributed by atoms with Crippen LogP contribution in [0.15, 0.2) is 12.1 Å². The molecule has 0 N–H and O–H groups in total. The van der Waals surface area contributed by atoms with Crippen molar-refractivity contribution in [3.8, 4) is 0 Å². The van der Waals surface area contributed by atoms with E-state index < -0.39 is 16.7 Å². The molecule has 1 aromatic carbocycles. The summed E-state index contributed by atoms with van der Waals surface area (Å²) in [5.74, 6) is -1.31. The van der Waals surface area contributed by atoms with E-state index in [2.05, 4.69) is 0 Å². The number of benzene rings is 1. The number of ether oxygens (including phenoxy) is 1. The molecule has 0 saturated heterocycles. The highest BCUT2D eigenvalue weighted by Gasteiger charge is 2.24. The van der Waals surface area contributed by atoms with Crippen molar-refractivity contribution < 1.29 is 18.8 Å². The average molecular weight is 319 g/mol. The summed E-state index contributed by atoms with van der Waals surface area (Å²) in [7, 11) is 0. The molecule has 8 heteroatoms. The van der Waals surface area contributed by atoms with Crippen molar-refractivity contribution in [2.24, 2.45) is 0 Å². The zero-order valence-electron chi connectivity index (χ0n) is 11.8. The molecule has 0 aromatic heterocycles. The maximum Gasteiger partial charge on any atom is 0.325 e. The van der Waals surface area contributed by atoms with Gasteiger partial charge in [0.25, 0.3) is 5.69 Å². The summed E-state index contributed by atoms with van der Waals surface area (Å²) in [4.78, 5) is 23.4. The number of hydrogen-bond acceptors (Lipinski definition) is 5. The number of anilines is 1. The fraction of sp³-hybridized carbons (Fsp3) is 0.462. The molecule has 0 atom stereocenters. The molecule has 0 spiro atoms. The van der Waals surface area contributed by atoms with Gasteiger partial charge in [-0.3, -0.25) is 14.9 Å². The normalized spacial score (nSPS) is 10.3. The monoisotopic (exact) mass is 318 g/mol. The molecule has 0 saturated carbocycles. The SMILES string of the molecule is CCCN(CC(=O)OCC)c1cc(F)c(Cl)cc1[N+](=O)[O-]. The first-order valence-corrected chi connectivity index (χ1v) is 6.82. The average Bonchev–Trinajstić information content (AvgIpc) is 2.41. The molecule has 0 bridgehead atoms. The van der Waals surface area contributed by atoms with E-state index in [-0.39, 0.29) is 29.5 Å². The summed E-state index contributed by atoms with van der Waals surface area (Å²) in [6.45, 7) is 3.86. The second-order valence-corrected chi connectivity index (χ2v) is 4.65. The van der Waals surface area contributed by atoms with Gasteiger partial charge in [0.05, 0.1) is 16.6 Å². The van der Waals surface area contributed by atoms with Crippen LogP contribution in [0.4, 0.5) is 15.8 Å². The van der Waals surface area contributed by atoms with Gasteiger partial charge in [-0.15, -0.1) is 0 Å². The highest BCUT2D eigenvalue weighted by molar-refractivity contribution is 6.31. The minimum Gasteiger partial charge on any atom is -0.465 e. The summed E-state index contributed by atoms with van der Waals surface area (Å²) < 4.78 is 18.4. The Kier molecular flexibility index (Phi) is 6.36. The molecule has 0 radical (unpaired) electrons. The van der Waals surface area contributed by atoms with Gasteiger partial charge >= 0.3 is 5.97 Å². The summed E-state index contributed by atoms with van der Waals surface area (Å²) in [6.07, 6.45) is 0.626. The maximum atomic E-state index is 13.6. The zero-order valence-corrected chi connectivity index (χ0v) is 12.5. The Morgan fingerprint density at radius 2 is 2.14 bits per heavy atom. The molecule has 1 aromatic rings. The second-order valence-electron chi connectivity index (χ2n) is 4.24. The van der Waals surface area contributed by atoms with Gasteiger partial charge in [0.2, 0.25) is 0 Å². The molecule has 0 aliphatic rings. The topological polar surface area (TPSA) is 72.7 Å². The van der Waals surface area contributed by atoms with Crippen LogP contribution in [0.5, 0.6) is 0 Å². The van der Waals surface area contributed by atoms with Crippen LogP contribution in [0.2, 0.25) is 5.02 Å². The minimum absolute atomic E-state index is 0.0109. The molecule has 6 nitrogen and oxygen atoms in total. The third-order valence-electron chi connectivity index (χ3n) is 2.67.